The van der Waals surface area contributed by atoms with E-state index in [1.54, 1.807) is 11.3 Å². The highest BCUT2D eigenvalue weighted by atomic mass is 32.1. The van der Waals surface area contributed by atoms with E-state index in [0.717, 1.165) is 71.5 Å². The van der Waals surface area contributed by atoms with E-state index in [1.165, 1.54) is 10.1 Å². The molecule has 0 saturated carbocycles. The summed E-state index contributed by atoms with van der Waals surface area (Å²) >= 11 is 1.76. The van der Waals surface area contributed by atoms with Gasteiger partial charge in [-0.1, -0.05) is 115 Å². The molecule has 0 saturated heterocycles. The summed E-state index contributed by atoms with van der Waals surface area (Å²) < 4.78 is 8.78. The fourth-order valence-electron chi connectivity index (χ4n) is 5.98. The van der Waals surface area contributed by atoms with Crippen LogP contribution in [-0.2, 0) is 0 Å². The van der Waals surface area contributed by atoms with Gasteiger partial charge in [0, 0.05) is 43.1 Å². The molecule has 0 aliphatic carbocycles. The van der Waals surface area contributed by atoms with Crippen LogP contribution in [0.15, 0.2) is 144 Å². The fourth-order valence-corrected chi connectivity index (χ4v) is 7.19. The standard InChI is InChI=1S/C39H23N3OS/c1-3-11-24(12-4-1)30-23-31(41-39(40-30)27-13-5-2-6-14-27)25-19-21-26(22-20-25)35-38-34(29-16-8-10-18-33(29)44-38)37-36(42-35)28-15-7-9-17-32(28)43-37/h1-23H. The van der Waals surface area contributed by atoms with Crippen molar-refractivity contribution < 1.29 is 4.42 Å². The zero-order valence-corrected chi connectivity index (χ0v) is 24.3. The van der Waals surface area contributed by atoms with E-state index >= 15 is 0 Å². The van der Waals surface area contributed by atoms with Gasteiger partial charge in [0.05, 0.1) is 21.8 Å². The van der Waals surface area contributed by atoms with Gasteiger partial charge in [0.2, 0.25) is 0 Å². The SMILES string of the molecule is c1ccc(-c2cc(-c3ccc(-c4nc5c6ccccc6oc5c5c4sc4ccccc45)cc3)nc(-c3ccccc3)n2)cc1. The molecule has 0 fully saturated rings. The van der Waals surface area contributed by atoms with Crippen LogP contribution in [-0.4, -0.2) is 15.0 Å². The maximum absolute atomic E-state index is 6.43. The number of aromatic nitrogens is 3. The molecule has 9 rings (SSSR count). The number of para-hydroxylation sites is 1. The summed E-state index contributed by atoms with van der Waals surface area (Å²) in [4.78, 5) is 15.2. The highest BCUT2D eigenvalue weighted by Crippen LogP contribution is 2.45. The molecule has 5 heteroatoms. The molecule has 0 aliphatic heterocycles. The highest BCUT2D eigenvalue weighted by molar-refractivity contribution is 7.26. The van der Waals surface area contributed by atoms with Crippen molar-refractivity contribution >= 4 is 53.6 Å². The molecule has 5 aromatic carbocycles. The van der Waals surface area contributed by atoms with E-state index in [1.807, 2.05) is 54.6 Å². The number of pyridine rings is 1. The van der Waals surface area contributed by atoms with Crippen LogP contribution in [0.5, 0.6) is 0 Å². The number of nitrogens with zero attached hydrogens (tertiary/aromatic N) is 3. The molecule has 0 unspecified atom stereocenters. The number of rotatable bonds is 4. The highest BCUT2D eigenvalue weighted by Gasteiger charge is 2.20. The third-order valence-corrected chi connectivity index (χ3v) is 9.29. The Hall–Kier alpha value is -5.65. The number of benzene rings is 5. The molecule has 4 nitrogen and oxygen atoms in total. The van der Waals surface area contributed by atoms with Crippen LogP contribution < -0.4 is 0 Å². The Morgan fingerprint density at radius 2 is 1.09 bits per heavy atom. The van der Waals surface area contributed by atoms with E-state index in [0.29, 0.717) is 5.82 Å². The smallest absolute Gasteiger partial charge is 0.163 e. The fraction of sp³-hybridized carbons (Fsp3) is 0. The molecule has 44 heavy (non-hydrogen) atoms. The first-order valence-electron chi connectivity index (χ1n) is 14.5. The largest absolute Gasteiger partial charge is 0.454 e. The van der Waals surface area contributed by atoms with Crippen LogP contribution in [0, 0.1) is 0 Å². The Balaban J connectivity index is 1.22. The summed E-state index contributed by atoms with van der Waals surface area (Å²) in [5.41, 5.74) is 9.45. The first-order valence-corrected chi connectivity index (χ1v) is 15.3. The third kappa shape index (κ3) is 4.02. The predicted octanol–water partition coefficient (Wildman–Crippen LogP) is 10.8. The maximum atomic E-state index is 6.43. The lowest BCUT2D eigenvalue weighted by atomic mass is 10.0. The minimum Gasteiger partial charge on any atom is -0.454 e. The van der Waals surface area contributed by atoms with Crippen LogP contribution in [0.3, 0.4) is 0 Å². The molecule has 206 valence electrons. The van der Waals surface area contributed by atoms with Gasteiger partial charge in [-0.25, -0.2) is 15.0 Å². The van der Waals surface area contributed by atoms with Gasteiger partial charge >= 0.3 is 0 Å². The lowest BCUT2D eigenvalue weighted by Crippen LogP contribution is -1.96. The van der Waals surface area contributed by atoms with Crippen LogP contribution in [0.4, 0.5) is 0 Å². The Labute approximate surface area is 256 Å². The van der Waals surface area contributed by atoms with Crippen molar-refractivity contribution in [1.29, 1.82) is 0 Å². The molecular weight excluding hydrogens is 559 g/mol. The molecule has 0 aliphatic rings. The Morgan fingerprint density at radius 3 is 1.84 bits per heavy atom. The summed E-state index contributed by atoms with van der Waals surface area (Å²) in [6, 6.07) is 47.7. The van der Waals surface area contributed by atoms with Crippen LogP contribution in [0.25, 0.3) is 87.4 Å². The second kappa shape index (κ2) is 9.97. The van der Waals surface area contributed by atoms with Gasteiger partial charge in [0.15, 0.2) is 11.4 Å². The van der Waals surface area contributed by atoms with Gasteiger partial charge in [0.25, 0.3) is 0 Å². The maximum Gasteiger partial charge on any atom is 0.163 e. The van der Waals surface area contributed by atoms with Gasteiger partial charge in [-0.2, -0.15) is 0 Å². The average Bonchev–Trinajstić information content (AvgIpc) is 3.67. The molecule has 4 heterocycles. The average molecular weight is 582 g/mol. The minimum absolute atomic E-state index is 0.706. The summed E-state index contributed by atoms with van der Waals surface area (Å²) in [6.07, 6.45) is 0. The number of hydrogen-bond donors (Lipinski definition) is 0. The van der Waals surface area contributed by atoms with Gasteiger partial charge in [-0.3, -0.25) is 0 Å². The van der Waals surface area contributed by atoms with Crippen molar-refractivity contribution in [2.45, 2.75) is 0 Å². The zero-order chi connectivity index (χ0) is 29.0. The number of furan rings is 1. The molecule has 9 aromatic rings. The van der Waals surface area contributed by atoms with E-state index in [-0.39, 0.29) is 0 Å². The Morgan fingerprint density at radius 1 is 0.500 bits per heavy atom. The number of fused-ring (bicyclic) bond motifs is 7. The monoisotopic (exact) mass is 581 g/mol. The molecular formula is C39H23N3OS. The van der Waals surface area contributed by atoms with Crippen LogP contribution in [0.2, 0.25) is 0 Å². The molecule has 0 atom stereocenters. The summed E-state index contributed by atoms with van der Waals surface area (Å²) in [5.74, 6) is 0.706. The molecule has 0 N–H and O–H groups in total. The number of hydrogen-bond acceptors (Lipinski definition) is 5. The molecule has 0 amide bonds. The first-order chi connectivity index (χ1) is 21.8. The van der Waals surface area contributed by atoms with Crippen LogP contribution in [0.1, 0.15) is 0 Å². The predicted molar refractivity (Wildman–Crippen MR) is 182 cm³/mol. The quantitative estimate of drug-likeness (QED) is 0.207. The topological polar surface area (TPSA) is 51.8 Å². The van der Waals surface area contributed by atoms with Crippen molar-refractivity contribution in [3.8, 4) is 45.2 Å². The Bertz CT molecular complexity index is 2420. The van der Waals surface area contributed by atoms with Crippen molar-refractivity contribution in [1.82, 2.24) is 15.0 Å². The van der Waals surface area contributed by atoms with Crippen LogP contribution >= 0.6 is 11.3 Å². The van der Waals surface area contributed by atoms with E-state index in [4.69, 9.17) is 19.4 Å². The minimum atomic E-state index is 0.706. The summed E-state index contributed by atoms with van der Waals surface area (Å²) in [5, 5.41) is 3.35. The van der Waals surface area contributed by atoms with Gasteiger partial charge < -0.3 is 4.42 Å². The van der Waals surface area contributed by atoms with Gasteiger partial charge in [-0.15, -0.1) is 11.3 Å². The number of thiophene rings is 1. The normalized spacial score (nSPS) is 11.6. The molecule has 4 aromatic heterocycles. The van der Waals surface area contributed by atoms with Crippen molar-refractivity contribution in [2.24, 2.45) is 0 Å². The second-order valence-corrected chi connectivity index (χ2v) is 11.9. The molecule has 0 spiro atoms. The van der Waals surface area contributed by atoms with E-state index < -0.39 is 0 Å². The van der Waals surface area contributed by atoms with E-state index in [9.17, 15) is 0 Å². The van der Waals surface area contributed by atoms with Gasteiger partial charge in [0.1, 0.15) is 11.1 Å². The van der Waals surface area contributed by atoms with Crippen molar-refractivity contribution in [3.05, 3.63) is 140 Å². The van der Waals surface area contributed by atoms with E-state index in [2.05, 4.69) is 84.9 Å². The van der Waals surface area contributed by atoms with Crippen molar-refractivity contribution in [3.63, 3.8) is 0 Å². The zero-order valence-electron chi connectivity index (χ0n) is 23.4. The second-order valence-electron chi connectivity index (χ2n) is 10.8. The lowest BCUT2D eigenvalue weighted by molar-refractivity contribution is 0.672. The first kappa shape index (κ1) is 24.9. The van der Waals surface area contributed by atoms with Crippen molar-refractivity contribution in [2.75, 3.05) is 0 Å². The summed E-state index contributed by atoms with van der Waals surface area (Å²) in [7, 11) is 0. The molecule has 0 radical (unpaired) electrons. The molecule has 0 bridgehead atoms. The van der Waals surface area contributed by atoms with Gasteiger partial charge in [-0.05, 0) is 24.3 Å². The Kier molecular flexibility index (Phi) is 5.64. The third-order valence-electron chi connectivity index (χ3n) is 8.11. The lowest BCUT2D eigenvalue weighted by Gasteiger charge is -2.10. The summed E-state index contributed by atoms with van der Waals surface area (Å²) in [6.45, 7) is 0.